The molecule has 0 fully saturated rings. The minimum absolute atomic E-state index is 0.129. The van der Waals surface area contributed by atoms with E-state index in [0.29, 0.717) is 37.8 Å². The Labute approximate surface area is 162 Å². The molecule has 2 aromatic heterocycles. The van der Waals surface area contributed by atoms with Crippen LogP contribution in [0.5, 0.6) is 0 Å². The van der Waals surface area contributed by atoms with Crippen LogP contribution < -0.4 is 5.32 Å². The molecule has 27 heavy (non-hydrogen) atoms. The van der Waals surface area contributed by atoms with Crippen molar-refractivity contribution >= 4 is 27.0 Å². The van der Waals surface area contributed by atoms with Gasteiger partial charge in [0.2, 0.25) is 21.7 Å². The average Bonchev–Trinajstić information content (AvgIpc) is 3.37. The van der Waals surface area contributed by atoms with Crippen molar-refractivity contribution in [1.82, 2.24) is 14.4 Å². The number of rotatable bonds is 6. The van der Waals surface area contributed by atoms with Crippen molar-refractivity contribution in [3.63, 3.8) is 0 Å². The van der Waals surface area contributed by atoms with Crippen molar-refractivity contribution in [3.05, 3.63) is 52.7 Å². The van der Waals surface area contributed by atoms with Crippen LogP contribution in [0.15, 0.2) is 40.2 Å². The largest absolute Gasteiger partial charge is 0.376 e. The van der Waals surface area contributed by atoms with Gasteiger partial charge in [0.1, 0.15) is 0 Å². The molecule has 0 bridgehead atoms. The third-order valence-electron chi connectivity index (χ3n) is 4.63. The van der Waals surface area contributed by atoms with E-state index < -0.39 is 10.0 Å². The normalized spacial score (nSPS) is 14.9. The van der Waals surface area contributed by atoms with Gasteiger partial charge in [0.15, 0.2) is 0 Å². The summed E-state index contributed by atoms with van der Waals surface area (Å²) in [6, 6.07) is 9.83. The van der Waals surface area contributed by atoms with Crippen LogP contribution in [0, 0.1) is 0 Å². The Balaban J connectivity index is 1.48. The van der Waals surface area contributed by atoms with E-state index in [2.05, 4.69) is 15.5 Å². The molecular formula is C18H20N4O3S2. The lowest BCUT2D eigenvalue weighted by Gasteiger charge is -2.29. The summed E-state index contributed by atoms with van der Waals surface area (Å²) in [4.78, 5) is 5.39. The maximum absolute atomic E-state index is 12.1. The van der Waals surface area contributed by atoms with Crippen LogP contribution in [-0.2, 0) is 29.5 Å². The molecule has 4 rings (SSSR count). The van der Waals surface area contributed by atoms with Gasteiger partial charge in [-0.15, -0.1) is 11.3 Å². The molecule has 142 valence electrons. The highest BCUT2D eigenvalue weighted by Crippen LogP contribution is 2.28. The van der Waals surface area contributed by atoms with Crippen molar-refractivity contribution in [2.45, 2.75) is 26.4 Å². The van der Waals surface area contributed by atoms with E-state index in [4.69, 9.17) is 4.52 Å². The Bertz CT molecular complexity index is 1030. The molecule has 0 aliphatic carbocycles. The number of sulfonamides is 1. The molecule has 0 spiro atoms. The quantitative estimate of drug-likeness (QED) is 0.679. The predicted octanol–water partition coefficient (Wildman–Crippen LogP) is 3.12. The summed E-state index contributed by atoms with van der Waals surface area (Å²) >= 11 is 1.57. The number of hydrogen-bond donors (Lipinski definition) is 1. The number of anilines is 1. The highest BCUT2D eigenvalue weighted by atomic mass is 32.2. The van der Waals surface area contributed by atoms with Gasteiger partial charge < -0.3 is 9.84 Å². The Kier molecular flexibility index (Phi) is 4.98. The highest BCUT2D eigenvalue weighted by molar-refractivity contribution is 7.89. The van der Waals surface area contributed by atoms with Crippen LogP contribution in [0.25, 0.3) is 10.7 Å². The summed E-state index contributed by atoms with van der Waals surface area (Å²) in [5.74, 6) is 1.24. The van der Waals surface area contributed by atoms with Gasteiger partial charge in [-0.05, 0) is 42.0 Å². The minimum Gasteiger partial charge on any atom is -0.376 e. The first kappa shape index (κ1) is 18.1. The molecule has 0 atom stereocenters. The number of hydrogen-bond acceptors (Lipinski definition) is 7. The lowest BCUT2D eigenvalue weighted by molar-refractivity contribution is 0.383. The molecule has 7 nitrogen and oxygen atoms in total. The van der Waals surface area contributed by atoms with Gasteiger partial charge in [0.05, 0.1) is 17.2 Å². The summed E-state index contributed by atoms with van der Waals surface area (Å²) in [6.07, 6.45) is 0.683. The van der Waals surface area contributed by atoms with E-state index in [1.165, 1.54) is 0 Å². The monoisotopic (exact) mass is 404 g/mol. The zero-order chi connectivity index (χ0) is 18.9. The second-order valence-corrected chi connectivity index (χ2v) is 9.48. The Morgan fingerprint density at radius 1 is 1.30 bits per heavy atom. The van der Waals surface area contributed by atoms with Gasteiger partial charge in [0.25, 0.3) is 0 Å². The molecule has 0 unspecified atom stereocenters. The maximum Gasteiger partial charge on any atom is 0.246 e. The van der Waals surface area contributed by atoms with Gasteiger partial charge in [-0.1, -0.05) is 23.4 Å². The first-order chi connectivity index (χ1) is 13.1. The van der Waals surface area contributed by atoms with Gasteiger partial charge in [0, 0.05) is 18.8 Å². The lowest BCUT2D eigenvalue weighted by atomic mass is 9.99. The van der Waals surface area contributed by atoms with Crippen molar-refractivity contribution in [2.75, 3.05) is 17.6 Å². The van der Waals surface area contributed by atoms with Crippen LogP contribution >= 0.6 is 11.3 Å². The highest BCUT2D eigenvalue weighted by Gasteiger charge is 2.26. The Hall–Kier alpha value is -2.23. The second kappa shape index (κ2) is 7.41. The molecule has 0 saturated heterocycles. The van der Waals surface area contributed by atoms with Gasteiger partial charge >= 0.3 is 0 Å². The fraction of sp³-hybridized carbons (Fsp3) is 0.333. The van der Waals surface area contributed by atoms with E-state index >= 15 is 0 Å². The SMILES string of the molecule is CCS(=O)(=O)N1CCc2c(cccc2NCc2nc(-c3cccs3)no2)C1. The number of nitrogens with one attached hydrogen (secondary N) is 1. The molecule has 0 radical (unpaired) electrons. The zero-order valence-corrected chi connectivity index (χ0v) is 16.5. The topological polar surface area (TPSA) is 88.3 Å². The molecule has 1 aliphatic heterocycles. The van der Waals surface area contributed by atoms with Crippen LogP contribution in [0.1, 0.15) is 23.9 Å². The van der Waals surface area contributed by atoms with Gasteiger partial charge in [-0.25, -0.2) is 8.42 Å². The minimum atomic E-state index is -3.17. The number of nitrogens with zero attached hydrogens (tertiary/aromatic N) is 3. The summed E-state index contributed by atoms with van der Waals surface area (Å²) in [6.45, 7) is 3.03. The van der Waals surface area contributed by atoms with Crippen molar-refractivity contribution in [3.8, 4) is 10.7 Å². The molecule has 0 saturated carbocycles. The van der Waals surface area contributed by atoms with Crippen LogP contribution in [0.3, 0.4) is 0 Å². The average molecular weight is 405 g/mol. The standard InChI is InChI=1S/C18H20N4O3S2/c1-2-27(23,24)22-9-8-14-13(12-22)5-3-6-15(14)19-11-17-20-18(21-25-17)16-7-4-10-26-16/h3-7,10,19H,2,8-9,11-12H2,1H3. The van der Waals surface area contributed by atoms with E-state index in [0.717, 1.165) is 21.7 Å². The molecule has 9 heteroatoms. The van der Waals surface area contributed by atoms with Gasteiger partial charge in [-0.2, -0.15) is 9.29 Å². The smallest absolute Gasteiger partial charge is 0.246 e. The zero-order valence-electron chi connectivity index (χ0n) is 14.9. The van der Waals surface area contributed by atoms with Crippen LogP contribution in [0.2, 0.25) is 0 Å². The fourth-order valence-electron chi connectivity index (χ4n) is 3.17. The molecule has 1 aromatic carbocycles. The van der Waals surface area contributed by atoms with Crippen molar-refractivity contribution in [2.24, 2.45) is 0 Å². The van der Waals surface area contributed by atoms with E-state index in [1.807, 2.05) is 35.7 Å². The molecule has 1 N–H and O–H groups in total. The van der Waals surface area contributed by atoms with Crippen molar-refractivity contribution < 1.29 is 12.9 Å². The van der Waals surface area contributed by atoms with E-state index in [9.17, 15) is 8.42 Å². The number of aromatic nitrogens is 2. The fourth-order valence-corrected chi connectivity index (χ4v) is 4.89. The van der Waals surface area contributed by atoms with E-state index in [-0.39, 0.29) is 5.75 Å². The van der Waals surface area contributed by atoms with Crippen molar-refractivity contribution in [1.29, 1.82) is 0 Å². The molecule has 3 aromatic rings. The number of thiophene rings is 1. The summed E-state index contributed by atoms with van der Waals surface area (Å²) in [5, 5.41) is 9.34. The molecular weight excluding hydrogens is 384 g/mol. The number of benzene rings is 1. The maximum atomic E-state index is 12.1. The summed E-state index contributed by atoms with van der Waals surface area (Å²) in [5.41, 5.74) is 3.17. The predicted molar refractivity (Wildman–Crippen MR) is 105 cm³/mol. The third-order valence-corrected chi connectivity index (χ3v) is 7.32. The molecule has 1 aliphatic rings. The van der Waals surface area contributed by atoms with Crippen LogP contribution in [0.4, 0.5) is 5.69 Å². The number of fused-ring (bicyclic) bond motifs is 1. The first-order valence-corrected chi connectivity index (χ1v) is 11.2. The molecule has 3 heterocycles. The summed E-state index contributed by atoms with van der Waals surface area (Å²) in [7, 11) is -3.17. The lowest BCUT2D eigenvalue weighted by Crippen LogP contribution is -2.37. The van der Waals surface area contributed by atoms with Gasteiger partial charge in [-0.3, -0.25) is 0 Å². The second-order valence-electron chi connectivity index (χ2n) is 6.27. The Morgan fingerprint density at radius 2 is 2.19 bits per heavy atom. The third kappa shape index (κ3) is 3.76. The summed E-state index contributed by atoms with van der Waals surface area (Å²) < 4.78 is 31.2. The Morgan fingerprint density at radius 3 is 2.96 bits per heavy atom. The first-order valence-electron chi connectivity index (χ1n) is 8.76. The molecule has 0 amide bonds. The van der Waals surface area contributed by atoms with Crippen LogP contribution in [-0.4, -0.2) is 35.2 Å². The van der Waals surface area contributed by atoms with E-state index in [1.54, 1.807) is 22.6 Å².